The molecule has 122 valence electrons. The van der Waals surface area contributed by atoms with Crippen LogP contribution in [0.25, 0.3) is 0 Å². The molecule has 0 radical (unpaired) electrons. The summed E-state index contributed by atoms with van der Waals surface area (Å²) in [6.07, 6.45) is 0. The highest BCUT2D eigenvalue weighted by molar-refractivity contribution is 7.99. The van der Waals surface area contributed by atoms with Crippen molar-refractivity contribution in [3.63, 3.8) is 0 Å². The molecule has 0 fully saturated rings. The van der Waals surface area contributed by atoms with Crippen LogP contribution in [-0.4, -0.2) is 35.9 Å². The van der Waals surface area contributed by atoms with Gasteiger partial charge in [-0.2, -0.15) is 5.10 Å². The molecule has 0 atom stereocenters. The van der Waals surface area contributed by atoms with E-state index in [2.05, 4.69) is 5.10 Å². The molecule has 11 nitrogen and oxygen atoms in total. The molecule has 23 heavy (non-hydrogen) atoms. The number of hydrogen-bond acceptors (Lipinski definition) is 8. The van der Waals surface area contributed by atoms with E-state index in [0.29, 0.717) is 0 Å². The van der Waals surface area contributed by atoms with Gasteiger partial charge in [-0.25, -0.2) is 14.7 Å². The van der Waals surface area contributed by atoms with Crippen LogP contribution in [0, 0.1) is 0 Å². The topological polar surface area (TPSA) is 166 Å². The van der Waals surface area contributed by atoms with Crippen LogP contribution >= 0.6 is 11.8 Å². The van der Waals surface area contributed by atoms with Crippen LogP contribution in [0.2, 0.25) is 0 Å². The third-order valence-electron chi connectivity index (χ3n) is 3.01. The van der Waals surface area contributed by atoms with Crippen molar-refractivity contribution in [2.24, 2.45) is 14.1 Å². The van der Waals surface area contributed by atoms with Gasteiger partial charge in [-0.3, -0.25) is 28.5 Å². The molecule has 0 saturated heterocycles. The first-order valence-corrected chi connectivity index (χ1v) is 7.13. The first-order chi connectivity index (χ1) is 10.7. The zero-order valence-corrected chi connectivity index (χ0v) is 12.9. The molecule has 0 aliphatic carbocycles. The molecule has 0 unspecified atom stereocenters. The van der Waals surface area contributed by atoms with Gasteiger partial charge in [-0.05, 0) is 0 Å². The molecule has 2 heterocycles. The summed E-state index contributed by atoms with van der Waals surface area (Å²) in [5, 5.41) is 5.38. The van der Waals surface area contributed by atoms with Crippen molar-refractivity contribution < 1.29 is 4.79 Å². The van der Waals surface area contributed by atoms with Crippen molar-refractivity contribution in [2.75, 3.05) is 11.5 Å². The minimum Gasteiger partial charge on any atom is -0.384 e. The Morgan fingerprint density at radius 3 is 2.48 bits per heavy atom. The van der Waals surface area contributed by atoms with Gasteiger partial charge < -0.3 is 5.73 Å². The lowest BCUT2D eigenvalue weighted by atomic mass is 10.2. The Bertz CT molecular complexity index is 1010. The fourth-order valence-electron chi connectivity index (χ4n) is 1.76. The van der Waals surface area contributed by atoms with Gasteiger partial charge >= 0.3 is 11.4 Å². The van der Waals surface area contributed by atoms with E-state index in [1.165, 1.54) is 14.1 Å². The smallest absolute Gasteiger partial charge is 0.342 e. The molecule has 0 spiro atoms. The molecule has 0 amide bonds. The minimum atomic E-state index is -0.820. The number of anilines is 1. The van der Waals surface area contributed by atoms with Gasteiger partial charge in [0.1, 0.15) is 11.4 Å². The van der Waals surface area contributed by atoms with Crippen molar-refractivity contribution in [1.29, 1.82) is 0 Å². The number of H-pyrrole nitrogens is 2. The van der Waals surface area contributed by atoms with Gasteiger partial charge in [-0.15, -0.1) is 0 Å². The van der Waals surface area contributed by atoms with Crippen molar-refractivity contribution in [1.82, 2.24) is 24.3 Å². The Kier molecular flexibility index (Phi) is 4.36. The maximum absolute atomic E-state index is 12.2. The molecule has 2 aromatic heterocycles. The van der Waals surface area contributed by atoms with Gasteiger partial charge in [0.15, 0.2) is 10.8 Å². The minimum absolute atomic E-state index is 0.141. The Morgan fingerprint density at radius 1 is 1.22 bits per heavy atom. The van der Waals surface area contributed by atoms with Gasteiger partial charge in [0.25, 0.3) is 11.1 Å². The standard InChI is InChI=1S/C11H12N6O5S/c1-16-6(12)5(9(20)17(2)11(16)22)4(18)3-23-8-7(19)13-10(21)15-14-8/h3,12H2,1-2H3,(H2,13,15,19,21). The molecule has 4 N–H and O–H groups in total. The summed E-state index contributed by atoms with van der Waals surface area (Å²) >= 11 is 0.726. The summed E-state index contributed by atoms with van der Waals surface area (Å²) in [5.74, 6) is -1.25. The summed E-state index contributed by atoms with van der Waals surface area (Å²) < 4.78 is 1.74. The molecule has 2 rings (SSSR count). The molecule has 0 aliphatic rings. The quantitative estimate of drug-likeness (QED) is 0.403. The Balaban J connectivity index is 2.36. The molecule has 0 bridgehead atoms. The number of hydrogen-bond donors (Lipinski definition) is 3. The van der Waals surface area contributed by atoms with E-state index in [9.17, 15) is 24.0 Å². The average Bonchev–Trinajstić information content (AvgIpc) is 2.50. The van der Waals surface area contributed by atoms with Crippen LogP contribution in [0.1, 0.15) is 10.4 Å². The van der Waals surface area contributed by atoms with Crippen LogP contribution in [0.4, 0.5) is 5.82 Å². The number of aromatic nitrogens is 5. The highest BCUT2D eigenvalue weighted by Gasteiger charge is 2.20. The van der Waals surface area contributed by atoms with Gasteiger partial charge in [0, 0.05) is 14.1 Å². The van der Waals surface area contributed by atoms with Crippen LogP contribution in [0.5, 0.6) is 0 Å². The van der Waals surface area contributed by atoms with Gasteiger partial charge in [-0.1, -0.05) is 11.8 Å². The van der Waals surface area contributed by atoms with Gasteiger partial charge in [0.05, 0.1) is 5.75 Å². The summed E-state index contributed by atoms with van der Waals surface area (Å²) in [4.78, 5) is 60.2. The number of nitrogens with two attached hydrogens (primary N) is 1. The zero-order valence-electron chi connectivity index (χ0n) is 12.1. The normalized spacial score (nSPS) is 10.7. The molecular formula is C11H12N6O5S. The molecular weight excluding hydrogens is 328 g/mol. The summed E-state index contributed by atoms with van der Waals surface area (Å²) in [7, 11) is 2.55. The predicted octanol–water partition coefficient (Wildman–Crippen LogP) is -2.59. The first-order valence-electron chi connectivity index (χ1n) is 6.14. The van der Waals surface area contributed by atoms with Crippen molar-refractivity contribution in [3.8, 4) is 0 Å². The fourth-order valence-corrected chi connectivity index (χ4v) is 2.47. The van der Waals surface area contributed by atoms with Crippen LogP contribution < -0.4 is 28.2 Å². The van der Waals surface area contributed by atoms with Crippen LogP contribution in [0.15, 0.2) is 24.2 Å². The van der Waals surface area contributed by atoms with Crippen LogP contribution in [-0.2, 0) is 14.1 Å². The number of Topliss-reactive ketones (excluding diaryl/α,β-unsaturated/α-hetero) is 1. The van der Waals surface area contributed by atoms with E-state index in [4.69, 9.17) is 5.73 Å². The van der Waals surface area contributed by atoms with E-state index in [1.54, 1.807) is 0 Å². The lowest BCUT2D eigenvalue weighted by Crippen LogP contribution is -2.41. The Morgan fingerprint density at radius 2 is 1.87 bits per heavy atom. The molecule has 2 aromatic rings. The number of carbonyl (C=O) groups excluding carboxylic acids is 1. The number of aromatic amines is 2. The third-order valence-corrected chi connectivity index (χ3v) is 3.97. The highest BCUT2D eigenvalue weighted by atomic mass is 32.2. The first kappa shape index (κ1) is 16.5. The van der Waals surface area contributed by atoms with Crippen molar-refractivity contribution in [2.45, 2.75) is 5.03 Å². The number of thioether (sulfide) groups is 1. The van der Waals surface area contributed by atoms with Crippen molar-refractivity contribution >= 4 is 23.4 Å². The Labute approximate surface area is 131 Å². The number of nitrogens with zero attached hydrogens (tertiary/aromatic N) is 3. The number of rotatable bonds is 4. The number of carbonyl (C=O) groups is 1. The summed E-state index contributed by atoms with van der Waals surface area (Å²) in [6, 6.07) is 0. The number of nitrogens with one attached hydrogen (secondary N) is 2. The van der Waals surface area contributed by atoms with E-state index in [1.807, 2.05) is 10.1 Å². The molecule has 0 saturated carbocycles. The monoisotopic (exact) mass is 340 g/mol. The second-order valence-electron chi connectivity index (χ2n) is 4.49. The molecule has 0 aromatic carbocycles. The summed E-state index contributed by atoms with van der Waals surface area (Å²) in [5.41, 5.74) is 2.31. The lowest BCUT2D eigenvalue weighted by Gasteiger charge is -2.10. The maximum Gasteiger partial charge on any atom is 0.342 e. The highest BCUT2D eigenvalue weighted by Crippen LogP contribution is 2.13. The average molecular weight is 340 g/mol. The number of ketones is 1. The van der Waals surface area contributed by atoms with Gasteiger partial charge in [0.2, 0.25) is 0 Å². The van der Waals surface area contributed by atoms with E-state index in [-0.39, 0.29) is 22.2 Å². The second-order valence-corrected chi connectivity index (χ2v) is 5.45. The number of nitrogen functional groups attached to an aromatic ring is 1. The second kappa shape index (κ2) is 6.08. The van der Waals surface area contributed by atoms with E-state index in [0.717, 1.165) is 20.9 Å². The predicted molar refractivity (Wildman–Crippen MR) is 81.9 cm³/mol. The fraction of sp³-hybridized carbons (Fsp3) is 0.273. The van der Waals surface area contributed by atoms with E-state index >= 15 is 0 Å². The third kappa shape index (κ3) is 3.01. The SMILES string of the molecule is Cn1c(N)c(C(=O)CSc2n[nH]c(=O)[nH]c2=O)c(=O)n(C)c1=O. The lowest BCUT2D eigenvalue weighted by molar-refractivity contribution is 0.102. The zero-order chi connectivity index (χ0) is 17.3. The molecule has 12 heteroatoms. The van der Waals surface area contributed by atoms with E-state index < -0.39 is 28.3 Å². The maximum atomic E-state index is 12.2. The Hall–Kier alpha value is -2.89. The van der Waals surface area contributed by atoms with Crippen molar-refractivity contribution in [3.05, 3.63) is 47.2 Å². The summed E-state index contributed by atoms with van der Waals surface area (Å²) in [6.45, 7) is 0. The largest absolute Gasteiger partial charge is 0.384 e. The van der Waals surface area contributed by atoms with Crippen LogP contribution in [0.3, 0.4) is 0 Å². The molecule has 0 aliphatic heterocycles.